The van der Waals surface area contributed by atoms with Crippen molar-refractivity contribution in [3.63, 3.8) is 0 Å². The van der Waals surface area contributed by atoms with Crippen LogP contribution in [0.25, 0.3) is 0 Å². The lowest BCUT2D eigenvalue weighted by Gasteiger charge is -2.23. The molecule has 0 aliphatic heterocycles. The van der Waals surface area contributed by atoms with Gasteiger partial charge in [-0.2, -0.15) is 0 Å². The molecule has 3 nitrogen and oxygen atoms in total. The largest absolute Gasteiger partial charge is 0.348 e. The van der Waals surface area contributed by atoms with Crippen molar-refractivity contribution in [3.8, 4) is 0 Å². The van der Waals surface area contributed by atoms with Crippen molar-refractivity contribution >= 4 is 21.8 Å². The van der Waals surface area contributed by atoms with Crippen LogP contribution in [0.15, 0.2) is 22.7 Å². The van der Waals surface area contributed by atoms with Gasteiger partial charge in [-0.15, -0.1) is 0 Å². The molecule has 0 saturated heterocycles. The van der Waals surface area contributed by atoms with Crippen molar-refractivity contribution in [3.05, 3.63) is 34.1 Å². The molecule has 1 atom stereocenters. The molecule has 1 saturated carbocycles. The summed E-state index contributed by atoms with van der Waals surface area (Å²) in [5.74, 6) is -0.242. The topological polar surface area (TPSA) is 55.1 Å². The standard InChI is InChI=1S/C14H18BrFN2O/c15-12-6-5-10(16)7-11(12)14(19)18-13(8-17)9-3-1-2-4-9/h5-7,9,13H,1-4,8,17H2,(H,18,19). The van der Waals surface area contributed by atoms with Gasteiger partial charge in [0, 0.05) is 17.1 Å². The molecule has 19 heavy (non-hydrogen) atoms. The van der Waals surface area contributed by atoms with Gasteiger partial charge in [0.1, 0.15) is 5.82 Å². The van der Waals surface area contributed by atoms with Crippen LogP contribution in [0.4, 0.5) is 4.39 Å². The Labute approximate surface area is 120 Å². The summed E-state index contributed by atoms with van der Waals surface area (Å²) in [7, 11) is 0. The Balaban J connectivity index is 2.08. The number of carbonyl (C=O) groups excluding carboxylic acids is 1. The molecule has 1 aromatic carbocycles. The summed E-state index contributed by atoms with van der Waals surface area (Å²) in [4.78, 5) is 12.2. The van der Waals surface area contributed by atoms with Crippen LogP contribution >= 0.6 is 15.9 Å². The van der Waals surface area contributed by atoms with Crippen molar-refractivity contribution in [1.82, 2.24) is 5.32 Å². The van der Waals surface area contributed by atoms with E-state index in [1.165, 1.54) is 31.0 Å². The predicted octanol–water partition coefficient (Wildman–Crippen LogP) is 2.84. The number of rotatable bonds is 4. The van der Waals surface area contributed by atoms with E-state index in [1.807, 2.05) is 0 Å². The van der Waals surface area contributed by atoms with Gasteiger partial charge in [0.15, 0.2) is 0 Å². The number of hydrogen-bond donors (Lipinski definition) is 2. The predicted molar refractivity (Wildman–Crippen MR) is 76.4 cm³/mol. The Morgan fingerprint density at radius 3 is 2.79 bits per heavy atom. The molecule has 0 spiro atoms. The molecule has 0 heterocycles. The van der Waals surface area contributed by atoms with Crippen molar-refractivity contribution < 1.29 is 9.18 Å². The van der Waals surface area contributed by atoms with Gasteiger partial charge in [0.05, 0.1) is 5.56 Å². The Kier molecular flexibility index (Phi) is 4.93. The molecule has 1 aliphatic rings. The van der Waals surface area contributed by atoms with Crippen LogP contribution in [-0.4, -0.2) is 18.5 Å². The van der Waals surface area contributed by atoms with Crippen molar-refractivity contribution in [2.75, 3.05) is 6.54 Å². The first-order valence-electron chi connectivity index (χ1n) is 6.58. The number of nitrogens with two attached hydrogens (primary N) is 1. The molecule has 1 amide bonds. The summed E-state index contributed by atoms with van der Waals surface area (Å²) in [5, 5.41) is 2.93. The smallest absolute Gasteiger partial charge is 0.252 e. The van der Waals surface area contributed by atoms with Gasteiger partial charge in [-0.05, 0) is 52.9 Å². The van der Waals surface area contributed by atoms with E-state index in [9.17, 15) is 9.18 Å². The number of benzene rings is 1. The molecule has 1 aromatic rings. The molecule has 2 rings (SSSR count). The van der Waals surface area contributed by atoms with Crippen LogP contribution in [0.3, 0.4) is 0 Å². The highest BCUT2D eigenvalue weighted by Gasteiger charge is 2.26. The molecule has 0 radical (unpaired) electrons. The van der Waals surface area contributed by atoms with Gasteiger partial charge in [-0.1, -0.05) is 12.8 Å². The maximum Gasteiger partial charge on any atom is 0.252 e. The lowest BCUT2D eigenvalue weighted by atomic mass is 9.98. The van der Waals surface area contributed by atoms with E-state index in [2.05, 4.69) is 21.2 Å². The van der Waals surface area contributed by atoms with E-state index in [4.69, 9.17) is 5.73 Å². The van der Waals surface area contributed by atoms with Crippen LogP contribution in [-0.2, 0) is 0 Å². The van der Waals surface area contributed by atoms with Gasteiger partial charge in [0.2, 0.25) is 0 Å². The molecule has 104 valence electrons. The van der Waals surface area contributed by atoms with Crippen LogP contribution in [0.1, 0.15) is 36.0 Å². The van der Waals surface area contributed by atoms with E-state index in [0.717, 1.165) is 12.8 Å². The highest BCUT2D eigenvalue weighted by Crippen LogP contribution is 2.28. The first-order chi connectivity index (χ1) is 9.11. The Morgan fingerprint density at radius 1 is 1.47 bits per heavy atom. The minimum atomic E-state index is -0.418. The molecule has 0 bridgehead atoms. The number of halogens is 2. The van der Waals surface area contributed by atoms with Crippen LogP contribution in [0.5, 0.6) is 0 Å². The molecule has 1 aliphatic carbocycles. The Hall–Kier alpha value is -0.940. The monoisotopic (exact) mass is 328 g/mol. The van der Waals surface area contributed by atoms with E-state index >= 15 is 0 Å². The number of hydrogen-bond acceptors (Lipinski definition) is 2. The minimum absolute atomic E-state index is 0.0230. The third kappa shape index (κ3) is 3.54. The summed E-state index contributed by atoms with van der Waals surface area (Å²) in [6, 6.07) is 4.07. The molecule has 5 heteroatoms. The van der Waals surface area contributed by atoms with Crippen molar-refractivity contribution in [2.24, 2.45) is 11.7 Å². The third-order valence-electron chi connectivity index (χ3n) is 3.71. The van der Waals surface area contributed by atoms with Crippen LogP contribution in [0, 0.1) is 11.7 Å². The van der Waals surface area contributed by atoms with Gasteiger partial charge in [0.25, 0.3) is 5.91 Å². The molecule has 1 unspecified atom stereocenters. The minimum Gasteiger partial charge on any atom is -0.348 e. The molecular formula is C14H18BrFN2O. The summed E-state index contributed by atoms with van der Waals surface area (Å²) < 4.78 is 13.8. The van der Waals surface area contributed by atoms with E-state index in [1.54, 1.807) is 0 Å². The molecule has 1 fully saturated rings. The number of carbonyl (C=O) groups is 1. The zero-order valence-electron chi connectivity index (χ0n) is 10.7. The van der Waals surface area contributed by atoms with E-state index in [-0.39, 0.29) is 11.9 Å². The van der Waals surface area contributed by atoms with E-state index < -0.39 is 5.82 Å². The normalized spacial score (nSPS) is 17.4. The summed E-state index contributed by atoms with van der Waals surface area (Å²) >= 11 is 3.27. The Morgan fingerprint density at radius 2 is 2.16 bits per heavy atom. The van der Waals surface area contributed by atoms with Crippen molar-refractivity contribution in [1.29, 1.82) is 0 Å². The molecular weight excluding hydrogens is 311 g/mol. The molecule has 3 N–H and O–H groups in total. The van der Waals surface area contributed by atoms with Crippen LogP contribution < -0.4 is 11.1 Å². The van der Waals surface area contributed by atoms with Crippen molar-refractivity contribution in [2.45, 2.75) is 31.7 Å². The second kappa shape index (κ2) is 6.48. The average Bonchev–Trinajstić information content (AvgIpc) is 2.92. The fourth-order valence-electron chi connectivity index (χ4n) is 2.65. The Bertz CT molecular complexity index is 461. The summed E-state index contributed by atoms with van der Waals surface area (Å²) in [6.07, 6.45) is 4.60. The zero-order valence-corrected chi connectivity index (χ0v) is 12.2. The van der Waals surface area contributed by atoms with Gasteiger partial charge >= 0.3 is 0 Å². The van der Waals surface area contributed by atoms with Gasteiger partial charge in [-0.25, -0.2) is 4.39 Å². The second-order valence-corrected chi connectivity index (χ2v) is 5.84. The first-order valence-corrected chi connectivity index (χ1v) is 7.37. The van der Waals surface area contributed by atoms with Crippen LogP contribution in [0.2, 0.25) is 0 Å². The third-order valence-corrected chi connectivity index (χ3v) is 4.40. The summed E-state index contributed by atoms with van der Waals surface area (Å²) in [5.41, 5.74) is 6.06. The fraction of sp³-hybridized carbons (Fsp3) is 0.500. The fourth-order valence-corrected chi connectivity index (χ4v) is 3.07. The number of nitrogens with one attached hydrogen (secondary N) is 1. The summed E-state index contributed by atoms with van der Waals surface area (Å²) in [6.45, 7) is 0.420. The van der Waals surface area contributed by atoms with Gasteiger partial charge in [-0.3, -0.25) is 4.79 Å². The van der Waals surface area contributed by atoms with E-state index in [0.29, 0.717) is 22.5 Å². The first kappa shape index (κ1) is 14.5. The number of amides is 1. The highest BCUT2D eigenvalue weighted by atomic mass is 79.9. The average molecular weight is 329 g/mol. The molecule has 0 aromatic heterocycles. The van der Waals surface area contributed by atoms with Gasteiger partial charge < -0.3 is 11.1 Å². The maximum atomic E-state index is 13.2. The second-order valence-electron chi connectivity index (χ2n) is 4.98. The zero-order chi connectivity index (χ0) is 13.8. The quantitative estimate of drug-likeness (QED) is 0.892. The maximum absolute atomic E-state index is 13.2. The highest BCUT2D eigenvalue weighted by molar-refractivity contribution is 9.10. The SMILES string of the molecule is NCC(NC(=O)c1cc(F)ccc1Br)C1CCCC1. The lowest BCUT2D eigenvalue weighted by molar-refractivity contribution is 0.0923. The lowest BCUT2D eigenvalue weighted by Crippen LogP contribution is -2.44.